The van der Waals surface area contributed by atoms with E-state index in [-0.39, 0.29) is 10.7 Å². The number of methoxy groups -OCH3 is 2. The van der Waals surface area contributed by atoms with E-state index in [1.165, 1.54) is 11.3 Å². The lowest BCUT2D eigenvalue weighted by Crippen LogP contribution is -2.26. The highest BCUT2D eigenvalue weighted by molar-refractivity contribution is 9.09. The lowest BCUT2D eigenvalue weighted by Gasteiger charge is -2.08. The minimum atomic E-state index is -0.0598. The van der Waals surface area contributed by atoms with Crippen LogP contribution in [0.2, 0.25) is 0 Å². The molecule has 1 aromatic heterocycles. The molecule has 6 heteroatoms. The van der Waals surface area contributed by atoms with Crippen LogP contribution in [0.3, 0.4) is 0 Å². The largest absolute Gasteiger partial charge is 0.496 e. The van der Waals surface area contributed by atoms with Gasteiger partial charge < -0.3 is 14.8 Å². The van der Waals surface area contributed by atoms with E-state index in [1.807, 2.05) is 5.38 Å². The van der Waals surface area contributed by atoms with Gasteiger partial charge in [-0.2, -0.15) is 0 Å². The minimum Gasteiger partial charge on any atom is -0.496 e. The Bertz CT molecular complexity index is 356. The third-order valence-electron chi connectivity index (χ3n) is 2.13. The van der Waals surface area contributed by atoms with Crippen LogP contribution in [0, 0.1) is 0 Å². The summed E-state index contributed by atoms with van der Waals surface area (Å²) < 4.78 is 10.0. The fraction of sp³-hybridized carbons (Fsp3) is 0.545. The number of nitrogens with one attached hydrogen (secondary N) is 1. The first-order valence-electron chi connectivity index (χ1n) is 5.21. The quantitative estimate of drug-likeness (QED) is 0.784. The van der Waals surface area contributed by atoms with E-state index in [4.69, 9.17) is 9.47 Å². The third-order valence-corrected chi connectivity index (χ3v) is 3.76. The minimum absolute atomic E-state index is 0.0598. The average molecular weight is 322 g/mol. The number of rotatable bonds is 7. The van der Waals surface area contributed by atoms with E-state index in [0.29, 0.717) is 18.0 Å². The second-order valence-corrected chi connectivity index (χ2v) is 5.65. The van der Waals surface area contributed by atoms with E-state index in [0.717, 1.165) is 12.2 Å². The Morgan fingerprint density at radius 3 is 2.94 bits per heavy atom. The van der Waals surface area contributed by atoms with Gasteiger partial charge in [-0.15, -0.1) is 11.3 Å². The van der Waals surface area contributed by atoms with Crippen molar-refractivity contribution in [2.45, 2.75) is 11.2 Å². The molecule has 0 saturated heterocycles. The first-order valence-corrected chi connectivity index (χ1v) is 7.00. The van der Waals surface area contributed by atoms with Gasteiger partial charge in [-0.25, -0.2) is 0 Å². The number of hydrogen-bond donors (Lipinski definition) is 1. The van der Waals surface area contributed by atoms with Crippen LogP contribution in [0.25, 0.3) is 0 Å². The van der Waals surface area contributed by atoms with Crippen molar-refractivity contribution in [1.29, 1.82) is 0 Å². The molecule has 1 N–H and O–H groups in total. The molecule has 1 rings (SSSR count). The van der Waals surface area contributed by atoms with Crippen molar-refractivity contribution in [3.8, 4) is 5.75 Å². The molecule has 1 atom stereocenters. The second kappa shape index (κ2) is 7.68. The topological polar surface area (TPSA) is 47.6 Å². The summed E-state index contributed by atoms with van der Waals surface area (Å²) in [6.07, 6.45) is 0.835. The smallest absolute Gasteiger partial charge is 0.261 e. The van der Waals surface area contributed by atoms with E-state index >= 15 is 0 Å². The fourth-order valence-corrected chi connectivity index (χ4v) is 2.50. The lowest BCUT2D eigenvalue weighted by molar-refractivity contribution is 0.0956. The zero-order valence-electron chi connectivity index (χ0n) is 9.86. The Hall–Kier alpha value is -0.590. The van der Waals surface area contributed by atoms with Gasteiger partial charge in [0.15, 0.2) is 0 Å². The van der Waals surface area contributed by atoms with Crippen LogP contribution in [0.15, 0.2) is 11.4 Å². The molecule has 17 heavy (non-hydrogen) atoms. The van der Waals surface area contributed by atoms with E-state index in [1.54, 1.807) is 20.3 Å². The summed E-state index contributed by atoms with van der Waals surface area (Å²) in [5, 5.41) is 4.67. The van der Waals surface area contributed by atoms with Crippen LogP contribution < -0.4 is 10.1 Å². The van der Waals surface area contributed by atoms with Gasteiger partial charge in [0.25, 0.3) is 5.91 Å². The molecule has 0 spiro atoms. The number of amides is 1. The molecule has 0 aliphatic rings. The van der Waals surface area contributed by atoms with E-state index in [9.17, 15) is 4.79 Å². The van der Waals surface area contributed by atoms with E-state index in [2.05, 4.69) is 21.2 Å². The maximum Gasteiger partial charge on any atom is 0.261 e. The summed E-state index contributed by atoms with van der Waals surface area (Å²) in [6, 6.07) is 1.74. The van der Waals surface area contributed by atoms with Gasteiger partial charge in [0.1, 0.15) is 5.75 Å². The lowest BCUT2D eigenvalue weighted by atomic mass is 10.3. The monoisotopic (exact) mass is 321 g/mol. The zero-order valence-corrected chi connectivity index (χ0v) is 12.3. The van der Waals surface area contributed by atoms with Crippen LogP contribution in [0.1, 0.15) is 16.1 Å². The van der Waals surface area contributed by atoms with Crippen molar-refractivity contribution < 1.29 is 14.3 Å². The summed E-state index contributed by atoms with van der Waals surface area (Å²) >= 11 is 4.84. The summed E-state index contributed by atoms with van der Waals surface area (Å²) in [4.78, 5) is 12.6. The molecule has 1 unspecified atom stereocenters. The standard InChI is InChI=1S/C11H16BrNO3S/c1-15-6-8(12)3-4-13-11(14)10-5-9(16-2)7-17-10/h5,7-8H,3-4,6H2,1-2H3,(H,13,14). The molecule has 96 valence electrons. The number of carbonyl (C=O) groups is 1. The predicted octanol–water partition coefficient (Wildman–Crippen LogP) is 2.29. The number of thiophene rings is 1. The van der Waals surface area contributed by atoms with Crippen molar-refractivity contribution in [1.82, 2.24) is 5.32 Å². The molecule has 1 aromatic rings. The molecule has 1 amide bonds. The number of alkyl halides is 1. The summed E-state index contributed by atoms with van der Waals surface area (Å²) in [7, 11) is 3.24. The average Bonchev–Trinajstić information content (AvgIpc) is 2.77. The first-order chi connectivity index (χ1) is 8.17. The first kappa shape index (κ1) is 14.5. The Kier molecular flexibility index (Phi) is 6.54. The van der Waals surface area contributed by atoms with E-state index < -0.39 is 0 Å². The molecular formula is C11H16BrNO3S. The Balaban J connectivity index is 2.29. The maximum atomic E-state index is 11.7. The van der Waals surface area contributed by atoms with Gasteiger partial charge in [0.2, 0.25) is 0 Å². The molecule has 0 bridgehead atoms. The zero-order chi connectivity index (χ0) is 12.7. The van der Waals surface area contributed by atoms with Gasteiger partial charge >= 0.3 is 0 Å². The Morgan fingerprint density at radius 2 is 2.35 bits per heavy atom. The highest BCUT2D eigenvalue weighted by Gasteiger charge is 2.10. The number of ether oxygens (including phenoxy) is 2. The second-order valence-electron chi connectivity index (χ2n) is 3.45. The molecule has 0 aliphatic heterocycles. The SMILES string of the molecule is COCC(Br)CCNC(=O)c1cc(OC)cs1. The molecule has 0 aromatic carbocycles. The summed E-state index contributed by atoms with van der Waals surface area (Å²) in [5.74, 6) is 0.660. The third kappa shape index (κ3) is 5.06. The van der Waals surface area contributed by atoms with Gasteiger partial charge in [-0.3, -0.25) is 4.79 Å². The van der Waals surface area contributed by atoms with Crippen LogP contribution >= 0.6 is 27.3 Å². The normalized spacial score (nSPS) is 12.2. The van der Waals surface area contributed by atoms with Gasteiger partial charge in [0.05, 0.1) is 18.6 Å². The number of hydrogen-bond acceptors (Lipinski definition) is 4. The highest BCUT2D eigenvalue weighted by Crippen LogP contribution is 2.20. The highest BCUT2D eigenvalue weighted by atomic mass is 79.9. The maximum absolute atomic E-state index is 11.7. The van der Waals surface area contributed by atoms with Gasteiger partial charge in [-0.05, 0) is 6.42 Å². The van der Waals surface area contributed by atoms with Crippen LogP contribution in [0.4, 0.5) is 0 Å². The molecule has 0 radical (unpaired) electrons. The Morgan fingerprint density at radius 1 is 1.59 bits per heavy atom. The number of carbonyl (C=O) groups excluding carboxylic acids is 1. The molecule has 4 nitrogen and oxygen atoms in total. The summed E-state index contributed by atoms with van der Waals surface area (Å²) in [6.45, 7) is 1.26. The van der Waals surface area contributed by atoms with Gasteiger partial charge in [-0.1, -0.05) is 15.9 Å². The Labute approximate surface area is 113 Å². The molecule has 0 fully saturated rings. The molecule has 0 saturated carbocycles. The molecule has 0 aliphatic carbocycles. The fourth-order valence-electron chi connectivity index (χ4n) is 1.24. The van der Waals surface area contributed by atoms with Crippen molar-refractivity contribution in [2.24, 2.45) is 0 Å². The van der Waals surface area contributed by atoms with Gasteiger partial charge in [0, 0.05) is 29.9 Å². The van der Waals surface area contributed by atoms with Crippen molar-refractivity contribution in [3.63, 3.8) is 0 Å². The van der Waals surface area contributed by atoms with Crippen LogP contribution in [-0.2, 0) is 4.74 Å². The van der Waals surface area contributed by atoms with Crippen molar-refractivity contribution >= 4 is 33.2 Å². The summed E-state index contributed by atoms with van der Waals surface area (Å²) in [5.41, 5.74) is 0. The van der Waals surface area contributed by atoms with Crippen LogP contribution in [0.5, 0.6) is 5.75 Å². The van der Waals surface area contributed by atoms with Crippen LogP contribution in [-0.4, -0.2) is 38.1 Å². The van der Waals surface area contributed by atoms with Crippen molar-refractivity contribution in [2.75, 3.05) is 27.4 Å². The number of halogens is 1. The molecule has 1 heterocycles. The predicted molar refractivity (Wildman–Crippen MR) is 72.4 cm³/mol. The molecular weight excluding hydrogens is 306 g/mol. The van der Waals surface area contributed by atoms with Crippen molar-refractivity contribution in [3.05, 3.63) is 16.3 Å².